The molecule has 0 N–H and O–H groups in total. The predicted molar refractivity (Wildman–Crippen MR) is 111 cm³/mol. The number of aryl methyl sites for hydroxylation is 1. The zero-order valence-electron chi connectivity index (χ0n) is 17.6. The molecule has 0 aromatic heterocycles. The molecule has 0 saturated heterocycles. The zero-order chi connectivity index (χ0) is 20.9. The van der Waals surface area contributed by atoms with Crippen LogP contribution in [-0.4, -0.2) is 31.3 Å². The van der Waals surface area contributed by atoms with Crippen LogP contribution in [0.3, 0.4) is 0 Å². The number of allylic oxidation sites excluding steroid dienone is 2. The van der Waals surface area contributed by atoms with Crippen molar-refractivity contribution in [2.75, 3.05) is 7.11 Å². The third-order valence-electron chi connectivity index (χ3n) is 4.35. The van der Waals surface area contributed by atoms with Crippen LogP contribution in [0, 0.1) is 6.92 Å². The van der Waals surface area contributed by atoms with Crippen molar-refractivity contribution in [2.24, 2.45) is 0 Å². The van der Waals surface area contributed by atoms with Gasteiger partial charge in [-0.15, -0.1) is 0 Å². The standard InChI is InChI=1S/C23H32O5/c1-6-21(28-19(4)24)12-9-10-18(3)27-23(25)13-8-7-11-20-16-22(26-5)15-14-17(20)2/h7-8,11,13-16,18,21H,6,9-10,12H2,1-5H3/b11-7+,13-8+. The summed E-state index contributed by atoms with van der Waals surface area (Å²) in [5.74, 6) is 0.168. The lowest BCUT2D eigenvalue weighted by Gasteiger charge is -2.16. The molecule has 1 aromatic carbocycles. The van der Waals surface area contributed by atoms with Crippen LogP contribution in [0.25, 0.3) is 6.08 Å². The van der Waals surface area contributed by atoms with Crippen LogP contribution < -0.4 is 4.74 Å². The van der Waals surface area contributed by atoms with Crippen LogP contribution in [0.4, 0.5) is 0 Å². The van der Waals surface area contributed by atoms with Gasteiger partial charge in [-0.2, -0.15) is 0 Å². The summed E-state index contributed by atoms with van der Waals surface area (Å²) in [6, 6.07) is 5.85. The van der Waals surface area contributed by atoms with Crippen LogP contribution in [0.2, 0.25) is 0 Å². The molecule has 2 atom stereocenters. The second-order valence-electron chi connectivity index (χ2n) is 6.76. The minimum absolute atomic E-state index is 0.0643. The van der Waals surface area contributed by atoms with Crippen molar-refractivity contribution in [1.29, 1.82) is 0 Å². The van der Waals surface area contributed by atoms with Gasteiger partial charge in [0.25, 0.3) is 0 Å². The summed E-state index contributed by atoms with van der Waals surface area (Å²) in [5.41, 5.74) is 2.16. The highest BCUT2D eigenvalue weighted by atomic mass is 16.5. The molecule has 0 bridgehead atoms. The lowest BCUT2D eigenvalue weighted by Crippen LogP contribution is -2.17. The topological polar surface area (TPSA) is 61.8 Å². The van der Waals surface area contributed by atoms with Gasteiger partial charge in [-0.05, 0) is 62.8 Å². The van der Waals surface area contributed by atoms with E-state index in [1.807, 2.05) is 45.0 Å². The maximum atomic E-state index is 11.9. The number of methoxy groups -OCH3 is 1. The van der Waals surface area contributed by atoms with Gasteiger partial charge in [0.2, 0.25) is 0 Å². The highest BCUT2D eigenvalue weighted by molar-refractivity contribution is 5.82. The van der Waals surface area contributed by atoms with Gasteiger partial charge in [0.1, 0.15) is 11.9 Å². The average molecular weight is 389 g/mol. The number of esters is 2. The van der Waals surface area contributed by atoms with Crippen LogP contribution in [0.1, 0.15) is 57.6 Å². The fraction of sp³-hybridized carbons (Fsp3) is 0.478. The molecule has 5 heteroatoms. The van der Waals surface area contributed by atoms with E-state index in [-0.39, 0.29) is 24.1 Å². The van der Waals surface area contributed by atoms with E-state index in [4.69, 9.17) is 14.2 Å². The molecule has 0 aliphatic heterocycles. The first-order chi connectivity index (χ1) is 13.3. The average Bonchev–Trinajstić information content (AvgIpc) is 2.65. The van der Waals surface area contributed by atoms with E-state index in [1.54, 1.807) is 19.3 Å². The fourth-order valence-corrected chi connectivity index (χ4v) is 2.73. The molecule has 5 nitrogen and oxygen atoms in total. The van der Waals surface area contributed by atoms with Crippen LogP contribution in [-0.2, 0) is 19.1 Å². The Labute approximate surface area is 168 Å². The molecule has 2 unspecified atom stereocenters. The Bertz CT molecular complexity index is 690. The summed E-state index contributed by atoms with van der Waals surface area (Å²) >= 11 is 0. The van der Waals surface area contributed by atoms with Crippen molar-refractivity contribution in [2.45, 2.75) is 65.6 Å². The van der Waals surface area contributed by atoms with Gasteiger partial charge in [-0.25, -0.2) is 4.79 Å². The molecule has 28 heavy (non-hydrogen) atoms. The Balaban J connectivity index is 2.39. The van der Waals surface area contributed by atoms with Crippen molar-refractivity contribution >= 4 is 18.0 Å². The molecule has 0 aliphatic carbocycles. The highest BCUT2D eigenvalue weighted by Gasteiger charge is 2.12. The van der Waals surface area contributed by atoms with E-state index in [0.717, 1.165) is 42.6 Å². The Kier molecular flexibility index (Phi) is 10.7. The molecule has 0 heterocycles. The maximum Gasteiger partial charge on any atom is 0.331 e. The summed E-state index contributed by atoms with van der Waals surface area (Å²) in [6.45, 7) is 7.29. The van der Waals surface area contributed by atoms with E-state index >= 15 is 0 Å². The quantitative estimate of drug-likeness (QED) is 0.303. The first-order valence-corrected chi connectivity index (χ1v) is 9.72. The van der Waals surface area contributed by atoms with E-state index < -0.39 is 0 Å². The molecule has 0 aliphatic rings. The Hall–Kier alpha value is -2.56. The molecule has 0 saturated carbocycles. The monoisotopic (exact) mass is 388 g/mol. The number of carbonyl (C=O) groups excluding carboxylic acids is 2. The minimum atomic E-state index is -0.369. The molecule has 1 aromatic rings. The van der Waals surface area contributed by atoms with Gasteiger partial charge in [-0.1, -0.05) is 31.2 Å². The first kappa shape index (κ1) is 23.5. The Morgan fingerprint density at radius 2 is 1.89 bits per heavy atom. The summed E-state index contributed by atoms with van der Waals surface area (Å²) in [4.78, 5) is 22.9. The van der Waals surface area contributed by atoms with Crippen LogP contribution in [0.15, 0.2) is 36.4 Å². The third-order valence-corrected chi connectivity index (χ3v) is 4.35. The molecule has 0 spiro atoms. The summed E-state index contributed by atoms with van der Waals surface area (Å²) in [5, 5.41) is 0. The van der Waals surface area contributed by atoms with Gasteiger partial charge >= 0.3 is 11.9 Å². The SMILES string of the molecule is CCC(CCCC(C)OC(=O)/C=C/C=C/c1cc(OC)ccc1C)OC(C)=O. The van der Waals surface area contributed by atoms with Crippen molar-refractivity contribution in [1.82, 2.24) is 0 Å². The molecular weight excluding hydrogens is 356 g/mol. The molecular formula is C23H32O5. The van der Waals surface area contributed by atoms with E-state index in [1.165, 1.54) is 13.0 Å². The van der Waals surface area contributed by atoms with E-state index in [0.29, 0.717) is 0 Å². The van der Waals surface area contributed by atoms with E-state index in [2.05, 4.69) is 0 Å². The normalized spacial score (nSPS) is 13.5. The molecule has 0 amide bonds. The molecule has 0 fully saturated rings. The van der Waals surface area contributed by atoms with Crippen LogP contribution in [0.5, 0.6) is 5.75 Å². The van der Waals surface area contributed by atoms with Gasteiger partial charge in [-0.3, -0.25) is 4.79 Å². The summed E-state index contributed by atoms with van der Waals surface area (Å²) < 4.78 is 15.8. The number of rotatable bonds is 11. The van der Waals surface area contributed by atoms with Gasteiger partial charge in [0.15, 0.2) is 0 Å². The third kappa shape index (κ3) is 9.40. The molecule has 154 valence electrons. The van der Waals surface area contributed by atoms with Crippen LogP contribution >= 0.6 is 0 Å². The van der Waals surface area contributed by atoms with Crippen molar-refractivity contribution in [3.8, 4) is 5.75 Å². The number of carbonyl (C=O) groups is 2. The van der Waals surface area contributed by atoms with Gasteiger partial charge < -0.3 is 14.2 Å². The minimum Gasteiger partial charge on any atom is -0.497 e. The number of hydrogen-bond donors (Lipinski definition) is 0. The zero-order valence-corrected chi connectivity index (χ0v) is 17.6. The number of benzene rings is 1. The lowest BCUT2D eigenvalue weighted by molar-refractivity contribution is -0.146. The smallest absolute Gasteiger partial charge is 0.331 e. The second-order valence-corrected chi connectivity index (χ2v) is 6.76. The summed E-state index contributed by atoms with van der Waals surface area (Å²) in [6.07, 6.45) is 9.69. The molecule has 0 radical (unpaired) electrons. The predicted octanol–water partition coefficient (Wildman–Crippen LogP) is 5.02. The Morgan fingerprint density at radius 3 is 2.54 bits per heavy atom. The van der Waals surface area contributed by atoms with Gasteiger partial charge in [0.05, 0.1) is 13.2 Å². The lowest BCUT2D eigenvalue weighted by atomic mass is 10.1. The first-order valence-electron chi connectivity index (χ1n) is 9.72. The Morgan fingerprint density at radius 1 is 1.14 bits per heavy atom. The largest absolute Gasteiger partial charge is 0.497 e. The van der Waals surface area contributed by atoms with Crippen molar-refractivity contribution in [3.63, 3.8) is 0 Å². The van der Waals surface area contributed by atoms with Crippen molar-refractivity contribution < 1.29 is 23.8 Å². The fourth-order valence-electron chi connectivity index (χ4n) is 2.73. The number of ether oxygens (including phenoxy) is 3. The highest BCUT2D eigenvalue weighted by Crippen LogP contribution is 2.18. The van der Waals surface area contributed by atoms with Gasteiger partial charge in [0, 0.05) is 13.0 Å². The van der Waals surface area contributed by atoms with Crippen molar-refractivity contribution in [3.05, 3.63) is 47.6 Å². The van der Waals surface area contributed by atoms with E-state index in [9.17, 15) is 9.59 Å². The summed E-state index contributed by atoms with van der Waals surface area (Å²) in [7, 11) is 1.63. The maximum absolute atomic E-state index is 11.9. The molecule has 1 rings (SSSR count). The second kappa shape index (κ2) is 12.8. The number of hydrogen-bond acceptors (Lipinski definition) is 5.